The number of carbonyl (C=O) groups is 2. The molecule has 0 unspecified atom stereocenters. The number of alkyl halides is 3. The van der Waals surface area contributed by atoms with Crippen LogP contribution in [0.15, 0.2) is 24.4 Å². The van der Waals surface area contributed by atoms with Crippen molar-refractivity contribution in [3.8, 4) is 22.5 Å². The van der Waals surface area contributed by atoms with Crippen LogP contribution in [0, 0.1) is 11.6 Å². The van der Waals surface area contributed by atoms with E-state index in [1.165, 1.54) is 26.2 Å². The van der Waals surface area contributed by atoms with Gasteiger partial charge in [-0.1, -0.05) is 18.5 Å². The van der Waals surface area contributed by atoms with E-state index in [1.807, 2.05) is 0 Å². The summed E-state index contributed by atoms with van der Waals surface area (Å²) in [6.45, 7) is 0.583. The van der Waals surface area contributed by atoms with Crippen LogP contribution in [0.4, 0.5) is 22.0 Å². The number of ether oxygens (including phenoxy) is 1. The fraction of sp³-hybridized carbons (Fsp3) is 0.364. The lowest BCUT2D eigenvalue weighted by Gasteiger charge is -2.41. The minimum Gasteiger partial charge on any atom is -0.375 e. The Balaban J connectivity index is 1.59. The standard InChI is InChI=1S/C22H18ClF5N6O3/c1-10(3-16(35)21(8-37-9-21)30-20(36)22(26,27)28)18-15(25)4-11(7-29-18)13-5-12(23)6-14(24)17(13)19-31-33-34(2)32-19/h4-7,10H,3,8-9H2,1-2H3,(H,30,36)/t10-/m0/s1. The minimum atomic E-state index is -5.18. The van der Waals surface area contributed by atoms with Gasteiger partial charge in [-0.3, -0.25) is 14.6 Å². The summed E-state index contributed by atoms with van der Waals surface area (Å²) in [5, 5.41) is 13.2. The Morgan fingerprint density at radius 2 is 1.92 bits per heavy atom. The number of tetrazole rings is 1. The predicted octanol–water partition coefficient (Wildman–Crippen LogP) is 3.38. The van der Waals surface area contributed by atoms with Crippen LogP contribution >= 0.6 is 11.6 Å². The molecule has 15 heteroatoms. The van der Waals surface area contributed by atoms with Crippen LogP contribution in [-0.2, 0) is 21.4 Å². The Morgan fingerprint density at radius 1 is 1.22 bits per heavy atom. The van der Waals surface area contributed by atoms with Crippen molar-refractivity contribution in [2.45, 2.75) is 31.0 Å². The second-order valence-corrected chi connectivity index (χ2v) is 9.00. The number of halogens is 6. The van der Waals surface area contributed by atoms with E-state index in [9.17, 15) is 27.2 Å². The summed E-state index contributed by atoms with van der Waals surface area (Å²) in [5.41, 5.74) is -1.82. The molecule has 3 heterocycles. The summed E-state index contributed by atoms with van der Waals surface area (Å²) in [7, 11) is 1.48. The number of nitrogens with zero attached hydrogens (tertiary/aromatic N) is 5. The summed E-state index contributed by atoms with van der Waals surface area (Å²) >= 11 is 6.01. The predicted molar refractivity (Wildman–Crippen MR) is 118 cm³/mol. The SMILES string of the molecule is C[C@@H](CC(=O)C1(NC(=O)C(F)(F)F)COC1)c1ncc(-c2cc(Cl)cc(F)c2-c2nnn(C)n2)cc1F. The van der Waals surface area contributed by atoms with Crippen molar-refractivity contribution < 1.29 is 36.3 Å². The Kier molecular flexibility index (Phi) is 6.99. The summed E-state index contributed by atoms with van der Waals surface area (Å²) in [4.78, 5) is 29.3. The molecule has 0 aliphatic carbocycles. The molecule has 1 N–H and O–H groups in total. The zero-order valence-electron chi connectivity index (χ0n) is 19.2. The van der Waals surface area contributed by atoms with Crippen LogP contribution in [0.2, 0.25) is 5.02 Å². The number of hydrogen-bond donors (Lipinski definition) is 1. The van der Waals surface area contributed by atoms with Gasteiger partial charge in [0, 0.05) is 29.1 Å². The normalized spacial score (nSPS) is 15.7. The van der Waals surface area contributed by atoms with E-state index < -0.39 is 60.6 Å². The van der Waals surface area contributed by atoms with E-state index in [4.69, 9.17) is 16.3 Å². The van der Waals surface area contributed by atoms with E-state index in [0.29, 0.717) is 0 Å². The third-order valence-electron chi connectivity index (χ3n) is 5.77. The summed E-state index contributed by atoms with van der Waals surface area (Å²) in [5.74, 6) is -5.60. The van der Waals surface area contributed by atoms with Crippen molar-refractivity contribution in [3.63, 3.8) is 0 Å². The number of rotatable bonds is 7. The first-order chi connectivity index (χ1) is 17.3. The molecule has 1 aliphatic heterocycles. The lowest BCUT2D eigenvalue weighted by atomic mass is 9.85. The van der Waals surface area contributed by atoms with E-state index in [2.05, 4.69) is 20.4 Å². The molecule has 1 aliphatic rings. The number of hydrogen-bond acceptors (Lipinski definition) is 7. The maximum Gasteiger partial charge on any atom is 0.471 e. The Bertz CT molecular complexity index is 1380. The second-order valence-electron chi connectivity index (χ2n) is 8.56. The number of carbonyl (C=O) groups excluding carboxylic acids is 2. The molecule has 2 aromatic heterocycles. The Hall–Kier alpha value is -3.52. The van der Waals surface area contributed by atoms with Crippen LogP contribution < -0.4 is 5.32 Å². The van der Waals surface area contributed by atoms with E-state index in [1.54, 1.807) is 5.32 Å². The highest BCUT2D eigenvalue weighted by atomic mass is 35.5. The molecule has 37 heavy (non-hydrogen) atoms. The molecule has 0 saturated carbocycles. The van der Waals surface area contributed by atoms with Crippen molar-refractivity contribution in [2.24, 2.45) is 7.05 Å². The summed E-state index contributed by atoms with van der Waals surface area (Å²) in [6.07, 6.45) is -4.37. The van der Waals surface area contributed by atoms with Crippen LogP contribution in [0.25, 0.3) is 22.5 Å². The van der Waals surface area contributed by atoms with Gasteiger partial charge in [-0.2, -0.15) is 18.0 Å². The highest BCUT2D eigenvalue weighted by Gasteiger charge is 2.51. The Morgan fingerprint density at radius 3 is 2.46 bits per heavy atom. The van der Waals surface area contributed by atoms with Crippen LogP contribution in [-0.4, -0.2) is 61.8 Å². The molecule has 4 rings (SSSR count). The van der Waals surface area contributed by atoms with Gasteiger partial charge in [0.2, 0.25) is 5.82 Å². The molecule has 196 valence electrons. The maximum atomic E-state index is 15.1. The highest BCUT2D eigenvalue weighted by molar-refractivity contribution is 6.31. The monoisotopic (exact) mass is 544 g/mol. The van der Waals surface area contributed by atoms with Crippen molar-refractivity contribution in [2.75, 3.05) is 13.2 Å². The average molecular weight is 545 g/mol. The highest BCUT2D eigenvalue weighted by Crippen LogP contribution is 2.36. The van der Waals surface area contributed by atoms with Gasteiger partial charge in [-0.05, 0) is 29.0 Å². The molecular weight excluding hydrogens is 527 g/mol. The maximum absolute atomic E-state index is 15.1. The van der Waals surface area contributed by atoms with Crippen molar-refractivity contribution >= 4 is 23.3 Å². The van der Waals surface area contributed by atoms with E-state index >= 15 is 4.39 Å². The average Bonchev–Trinajstić information content (AvgIpc) is 3.20. The Labute approximate surface area is 211 Å². The van der Waals surface area contributed by atoms with Gasteiger partial charge in [0.1, 0.15) is 17.2 Å². The van der Waals surface area contributed by atoms with Crippen molar-refractivity contribution in [1.29, 1.82) is 0 Å². The quantitative estimate of drug-likeness (QED) is 0.454. The third-order valence-corrected chi connectivity index (χ3v) is 5.99. The van der Waals surface area contributed by atoms with E-state index in [0.717, 1.165) is 16.9 Å². The number of nitrogens with one attached hydrogen (secondary N) is 1. The molecule has 0 radical (unpaired) electrons. The first kappa shape index (κ1) is 26.5. The number of aromatic nitrogens is 5. The van der Waals surface area contributed by atoms with Crippen LogP contribution in [0.1, 0.15) is 25.0 Å². The topological polar surface area (TPSA) is 112 Å². The molecule has 0 spiro atoms. The van der Waals surface area contributed by atoms with Gasteiger partial charge in [-0.15, -0.1) is 10.2 Å². The number of ketones is 1. The van der Waals surface area contributed by atoms with Crippen molar-refractivity contribution in [3.05, 3.63) is 46.7 Å². The molecule has 3 aromatic rings. The fourth-order valence-electron chi connectivity index (χ4n) is 3.84. The van der Waals surface area contributed by atoms with E-state index in [-0.39, 0.29) is 33.2 Å². The van der Waals surface area contributed by atoms with Gasteiger partial charge < -0.3 is 10.1 Å². The van der Waals surface area contributed by atoms with Gasteiger partial charge in [-0.25, -0.2) is 8.78 Å². The molecule has 1 fully saturated rings. The molecule has 0 bridgehead atoms. The molecule has 9 nitrogen and oxygen atoms in total. The fourth-order valence-corrected chi connectivity index (χ4v) is 4.04. The van der Waals surface area contributed by atoms with Gasteiger partial charge in [0.15, 0.2) is 5.78 Å². The first-order valence-electron chi connectivity index (χ1n) is 10.7. The summed E-state index contributed by atoms with van der Waals surface area (Å²) < 4.78 is 72.8. The number of pyridine rings is 1. The lowest BCUT2D eigenvalue weighted by Crippen LogP contribution is -2.68. The number of amides is 1. The molecule has 1 atom stereocenters. The third kappa shape index (κ3) is 5.30. The van der Waals surface area contributed by atoms with Gasteiger partial charge in [0.25, 0.3) is 0 Å². The van der Waals surface area contributed by atoms with Gasteiger partial charge in [0.05, 0.1) is 31.5 Å². The lowest BCUT2D eigenvalue weighted by molar-refractivity contribution is -0.183. The first-order valence-corrected chi connectivity index (χ1v) is 11.1. The summed E-state index contributed by atoms with van der Waals surface area (Å²) in [6, 6.07) is 3.48. The van der Waals surface area contributed by atoms with Crippen LogP contribution in [0.5, 0.6) is 0 Å². The molecular formula is C22H18ClF5N6O3. The number of aryl methyl sites for hydroxylation is 1. The van der Waals surface area contributed by atoms with Crippen LogP contribution in [0.3, 0.4) is 0 Å². The van der Waals surface area contributed by atoms with Crippen molar-refractivity contribution in [1.82, 2.24) is 30.5 Å². The van der Waals surface area contributed by atoms with Gasteiger partial charge >= 0.3 is 12.1 Å². The number of Topliss-reactive ketones (excluding diaryl/α,β-unsaturated/α-hetero) is 1. The molecule has 1 aromatic carbocycles. The molecule has 1 saturated heterocycles. The largest absolute Gasteiger partial charge is 0.471 e. The zero-order valence-corrected chi connectivity index (χ0v) is 20.0. The number of benzene rings is 1. The zero-order chi connectivity index (χ0) is 27.1. The second kappa shape index (κ2) is 9.74. The molecule has 1 amide bonds. The minimum absolute atomic E-state index is 0.0255. The smallest absolute Gasteiger partial charge is 0.375 e.